The first-order chi connectivity index (χ1) is 13.8. The minimum atomic E-state index is -1.27. The molecule has 1 atom stereocenters. The van der Waals surface area contributed by atoms with Gasteiger partial charge in [0.2, 0.25) is 0 Å². The summed E-state index contributed by atoms with van der Waals surface area (Å²) >= 11 is 0. The van der Waals surface area contributed by atoms with Crippen LogP contribution in [-0.4, -0.2) is 21.3 Å². The molecule has 0 radical (unpaired) electrons. The largest absolute Gasteiger partial charge is 0.302 e. The predicted molar refractivity (Wildman–Crippen MR) is 112 cm³/mol. The molecule has 28 heavy (non-hydrogen) atoms. The van der Waals surface area contributed by atoms with Gasteiger partial charge in [-0.15, -0.1) is 0 Å². The summed E-state index contributed by atoms with van der Waals surface area (Å²) in [6.07, 6.45) is 0.861. The van der Waals surface area contributed by atoms with E-state index in [9.17, 15) is 9.00 Å². The quantitative estimate of drug-likeness (QED) is 0.472. The predicted octanol–water partition coefficient (Wildman–Crippen LogP) is 4.66. The molecule has 0 saturated carbocycles. The molecule has 0 amide bonds. The normalized spacial score (nSPS) is 22.9. The Kier molecular flexibility index (Phi) is 3.37. The summed E-state index contributed by atoms with van der Waals surface area (Å²) in [6.45, 7) is 0.173. The molecular weight excluding hydrogens is 366 g/mol. The van der Waals surface area contributed by atoms with Gasteiger partial charge in [0.1, 0.15) is 22.5 Å². The van der Waals surface area contributed by atoms with Crippen molar-refractivity contribution in [2.75, 3.05) is 6.54 Å². The second-order valence-corrected chi connectivity index (χ2v) is 8.97. The third kappa shape index (κ3) is 2.07. The minimum Gasteiger partial charge on any atom is -0.302 e. The van der Waals surface area contributed by atoms with E-state index >= 15 is 0 Å². The standard InChI is InChI=1S/C24H17NO2S/c26-10-9-25-23-19-11-15-5-1-3-7-17(15)13-21(19)24(28(25)27)22-14-18-8-4-2-6-16(18)12-20(22)23/h1-8,10-14,23-24H,9H2. The highest BCUT2D eigenvalue weighted by Crippen LogP contribution is 2.54. The average molecular weight is 383 g/mol. The van der Waals surface area contributed by atoms with Gasteiger partial charge in [-0.25, -0.2) is 8.51 Å². The molecule has 136 valence electrons. The molecule has 1 unspecified atom stereocenters. The van der Waals surface area contributed by atoms with E-state index in [1.165, 1.54) is 21.9 Å². The topological polar surface area (TPSA) is 37.4 Å². The number of nitrogens with zero attached hydrogens (tertiary/aromatic N) is 1. The number of fused-ring (bicyclic) bond motifs is 3. The molecule has 0 spiro atoms. The summed E-state index contributed by atoms with van der Waals surface area (Å²) in [4.78, 5) is 11.4. The van der Waals surface area contributed by atoms with Crippen LogP contribution in [0.1, 0.15) is 33.5 Å². The van der Waals surface area contributed by atoms with Crippen molar-refractivity contribution in [2.24, 2.45) is 0 Å². The summed E-state index contributed by atoms with van der Waals surface area (Å²) in [5, 5.41) is 4.44. The van der Waals surface area contributed by atoms with Crippen LogP contribution >= 0.6 is 0 Å². The monoisotopic (exact) mass is 383 g/mol. The van der Waals surface area contributed by atoms with Crippen molar-refractivity contribution in [1.29, 1.82) is 0 Å². The van der Waals surface area contributed by atoms with Crippen molar-refractivity contribution < 1.29 is 9.00 Å². The first-order valence-electron chi connectivity index (χ1n) is 9.42. The van der Waals surface area contributed by atoms with Gasteiger partial charge in [-0.1, -0.05) is 48.5 Å². The third-order valence-corrected chi connectivity index (χ3v) is 7.77. The Morgan fingerprint density at radius 1 is 0.750 bits per heavy atom. The molecule has 7 rings (SSSR count). The highest BCUT2D eigenvalue weighted by molar-refractivity contribution is 7.83. The molecule has 3 aliphatic rings. The van der Waals surface area contributed by atoms with Crippen LogP contribution in [0.3, 0.4) is 0 Å². The number of carbonyl (C=O) groups excluding carboxylic acids is 1. The van der Waals surface area contributed by atoms with E-state index < -0.39 is 11.0 Å². The molecule has 2 bridgehead atoms. The van der Waals surface area contributed by atoms with Crippen LogP contribution in [0.15, 0.2) is 72.8 Å². The lowest BCUT2D eigenvalue weighted by Crippen LogP contribution is -2.45. The second-order valence-electron chi connectivity index (χ2n) is 7.48. The Bertz CT molecular complexity index is 1230. The zero-order valence-electron chi connectivity index (χ0n) is 15.0. The fraction of sp³-hybridized carbons (Fsp3) is 0.125. The number of hydrogen-bond donors (Lipinski definition) is 0. The van der Waals surface area contributed by atoms with Crippen molar-refractivity contribution in [1.82, 2.24) is 4.31 Å². The lowest BCUT2D eigenvalue weighted by molar-refractivity contribution is -0.108. The molecule has 4 aromatic carbocycles. The van der Waals surface area contributed by atoms with E-state index in [1.54, 1.807) is 0 Å². The zero-order chi connectivity index (χ0) is 18.8. The molecule has 2 heterocycles. The lowest BCUT2D eigenvalue weighted by Gasteiger charge is -2.46. The van der Waals surface area contributed by atoms with Crippen LogP contribution in [0.25, 0.3) is 21.5 Å². The van der Waals surface area contributed by atoms with Crippen LogP contribution in [0.5, 0.6) is 0 Å². The maximum atomic E-state index is 13.5. The van der Waals surface area contributed by atoms with Crippen molar-refractivity contribution >= 4 is 38.8 Å². The van der Waals surface area contributed by atoms with Gasteiger partial charge >= 0.3 is 0 Å². The zero-order valence-corrected chi connectivity index (χ0v) is 15.9. The summed E-state index contributed by atoms with van der Waals surface area (Å²) in [5.41, 5.74) is 4.61. The Morgan fingerprint density at radius 2 is 1.18 bits per heavy atom. The number of carbonyl (C=O) groups is 1. The van der Waals surface area contributed by atoms with Gasteiger partial charge in [0.15, 0.2) is 0 Å². The van der Waals surface area contributed by atoms with E-state index in [0.717, 1.165) is 28.2 Å². The van der Waals surface area contributed by atoms with Gasteiger partial charge < -0.3 is 4.79 Å². The number of aldehydes is 1. The third-order valence-electron chi connectivity index (χ3n) is 6.03. The second kappa shape index (κ2) is 5.84. The van der Waals surface area contributed by atoms with Crippen LogP contribution in [0.2, 0.25) is 0 Å². The molecule has 0 fully saturated rings. The fourth-order valence-electron chi connectivity index (χ4n) is 4.83. The minimum absolute atomic E-state index is 0.157. The maximum absolute atomic E-state index is 13.5. The molecule has 0 aromatic heterocycles. The van der Waals surface area contributed by atoms with Gasteiger partial charge in [-0.2, -0.15) is 0 Å². The first-order valence-corrected chi connectivity index (χ1v) is 10.6. The first kappa shape index (κ1) is 16.2. The van der Waals surface area contributed by atoms with Crippen molar-refractivity contribution in [3.63, 3.8) is 0 Å². The van der Waals surface area contributed by atoms with Crippen LogP contribution in [0, 0.1) is 0 Å². The van der Waals surface area contributed by atoms with E-state index in [2.05, 4.69) is 48.5 Å². The number of hydrogen-bond acceptors (Lipinski definition) is 2. The SMILES string of the molecule is O=CCN1C2c3cc4ccccc4cc3C(c3cc4ccccc4cc32)S1=O. The molecule has 2 aliphatic heterocycles. The van der Waals surface area contributed by atoms with Crippen molar-refractivity contribution in [2.45, 2.75) is 11.3 Å². The lowest BCUT2D eigenvalue weighted by atomic mass is 9.79. The molecule has 4 heteroatoms. The summed E-state index contributed by atoms with van der Waals surface area (Å²) < 4.78 is 15.3. The molecule has 4 aromatic rings. The molecule has 0 saturated heterocycles. The Labute approximate surface area is 165 Å². The molecule has 1 aliphatic carbocycles. The smallest absolute Gasteiger partial charge is 0.135 e. The molecule has 0 N–H and O–H groups in total. The van der Waals surface area contributed by atoms with Gasteiger partial charge in [0.05, 0.1) is 12.6 Å². The summed E-state index contributed by atoms with van der Waals surface area (Å²) in [5.74, 6) is 0. The van der Waals surface area contributed by atoms with Crippen molar-refractivity contribution in [3.05, 3.63) is 95.1 Å². The summed E-state index contributed by atoms with van der Waals surface area (Å²) in [7, 11) is -1.27. The summed E-state index contributed by atoms with van der Waals surface area (Å²) in [6, 6.07) is 25.2. The van der Waals surface area contributed by atoms with Crippen LogP contribution in [-0.2, 0) is 15.8 Å². The molecule has 3 nitrogen and oxygen atoms in total. The van der Waals surface area contributed by atoms with Crippen LogP contribution in [0.4, 0.5) is 0 Å². The van der Waals surface area contributed by atoms with Gasteiger partial charge in [-0.05, 0) is 68.1 Å². The van der Waals surface area contributed by atoms with Gasteiger partial charge in [0, 0.05) is 0 Å². The van der Waals surface area contributed by atoms with E-state index in [1.807, 2.05) is 28.6 Å². The highest BCUT2D eigenvalue weighted by atomic mass is 32.2. The van der Waals surface area contributed by atoms with E-state index in [0.29, 0.717) is 0 Å². The van der Waals surface area contributed by atoms with E-state index in [-0.39, 0.29) is 17.8 Å². The fourth-order valence-corrected chi connectivity index (χ4v) is 6.59. The van der Waals surface area contributed by atoms with E-state index in [4.69, 9.17) is 0 Å². The Hall–Kier alpha value is -2.82. The maximum Gasteiger partial charge on any atom is 0.135 e. The number of rotatable bonds is 2. The van der Waals surface area contributed by atoms with Gasteiger partial charge in [0.25, 0.3) is 0 Å². The number of benzene rings is 4. The Morgan fingerprint density at radius 3 is 1.61 bits per heavy atom. The average Bonchev–Trinajstić information content (AvgIpc) is 2.73. The van der Waals surface area contributed by atoms with Gasteiger partial charge in [-0.3, -0.25) is 0 Å². The Balaban J connectivity index is 1.70. The highest BCUT2D eigenvalue weighted by Gasteiger charge is 2.47. The van der Waals surface area contributed by atoms with Crippen molar-refractivity contribution in [3.8, 4) is 0 Å². The van der Waals surface area contributed by atoms with Crippen LogP contribution < -0.4 is 0 Å². The molecular formula is C24H17NO2S.